The van der Waals surface area contributed by atoms with Crippen molar-refractivity contribution in [3.63, 3.8) is 0 Å². The first-order valence-electron chi connectivity index (χ1n) is 8.63. The summed E-state index contributed by atoms with van der Waals surface area (Å²) in [6.07, 6.45) is 1.48. The van der Waals surface area contributed by atoms with E-state index < -0.39 is 23.8 Å². The minimum atomic E-state index is -0.496. The Morgan fingerprint density at radius 2 is 1.88 bits per heavy atom. The predicted molar refractivity (Wildman–Crippen MR) is 86.1 cm³/mol. The van der Waals surface area contributed by atoms with E-state index in [0.29, 0.717) is 17.7 Å². The average molecular weight is 358 g/mol. The molecular weight excluding hydrogens is 340 g/mol. The van der Waals surface area contributed by atoms with Gasteiger partial charge in [0.2, 0.25) is 0 Å². The van der Waals surface area contributed by atoms with Gasteiger partial charge in [-0.3, -0.25) is 19.2 Å². The number of carbonyl (C=O) groups excluding carboxylic acids is 4. The van der Waals surface area contributed by atoms with Crippen LogP contribution in [0, 0.1) is 23.7 Å². The Bertz CT molecular complexity index is 780. The summed E-state index contributed by atoms with van der Waals surface area (Å²) >= 11 is 0. The maximum Gasteiger partial charge on any atom is 0.310 e. The van der Waals surface area contributed by atoms with Crippen LogP contribution in [0.5, 0.6) is 5.75 Å². The molecule has 0 aromatic heterocycles. The lowest BCUT2D eigenvalue weighted by atomic mass is 9.80. The molecule has 0 amide bonds. The second-order valence-electron chi connectivity index (χ2n) is 7.07. The SMILES string of the molecule is CC(=O)Oc1ccc(C(=O)COC(=O)[C@@H]2[C@@H]3C[C@@H]4[C@@H]2C(=O)O[C@@H]4C3)cc1. The lowest BCUT2D eigenvalue weighted by Gasteiger charge is -2.22. The molecule has 4 rings (SSSR count). The molecule has 5 atom stereocenters. The zero-order valence-electron chi connectivity index (χ0n) is 14.2. The Morgan fingerprint density at radius 1 is 1.15 bits per heavy atom. The summed E-state index contributed by atoms with van der Waals surface area (Å²) in [6.45, 7) is 0.904. The summed E-state index contributed by atoms with van der Waals surface area (Å²) < 4.78 is 15.4. The molecule has 0 radical (unpaired) electrons. The first-order chi connectivity index (χ1) is 12.4. The smallest absolute Gasteiger partial charge is 0.310 e. The van der Waals surface area contributed by atoms with E-state index in [2.05, 4.69) is 0 Å². The summed E-state index contributed by atoms with van der Waals surface area (Å²) in [7, 11) is 0. The highest BCUT2D eigenvalue weighted by molar-refractivity contribution is 5.98. The quantitative estimate of drug-likeness (QED) is 0.447. The van der Waals surface area contributed by atoms with Crippen LogP contribution in [0.25, 0.3) is 0 Å². The van der Waals surface area contributed by atoms with Gasteiger partial charge in [0.25, 0.3) is 0 Å². The number of ketones is 1. The van der Waals surface area contributed by atoms with E-state index in [1.165, 1.54) is 31.2 Å². The number of fused-ring (bicyclic) bond motifs is 1. The molecule has 1 aromatic carbocycles. The van der Waals surface area contributed by atoms with E-state index in [1.54, 1.807) is 0 Å². The maximum absolute atomic E-state index is 12.4. The lowest BCUT2D eigenvalue weighted by molar-refractivity contribution is -0.154. The van der Waals surface area contributed by atoms with E-state index in [1.807, 2.05) is 0 Å². The van der Waals surface area contributed by atoms with E-state index >= 15 is 0 Å². The predicted octanol–water partition coefficient (Wildman–Crippen LogP) is 1.54. The number of benzene rings is 1. The van der Waals surface area contributed by atoms with Crippen LogP contribution in [0.4, 0.5) is 0 Å². The van der Waals surface area contributed by atoms with Crippen molar-refractivity contribution in [3.05, 3.63) is 29.8 Å². The molecule has 3 aliphatic rings. The molecule has 0 spiro atoms. The summed E-state index contributed by atoms with van der Waals surface area (Å²) in [5.41, 5.74) is 0.349. The van der Waals surface area contributed by atoms with Gasteiger partial charge in [0, 0.05) is 18.4 Å². The van der Waals surface area contributed by atoms with Gasteiger partial charge in [-0.05, 0) is 43.0 Å². The van der Waals surface area contributed by atoms with E-state index in [0.717, 1.165) is 6.42 Å². The van der Waals surface area contributed by atoms with Crippen molar-refractivity contribution < 1.29 is 33.4 Å². The molecule has 136 valence electrons. The van der Waals surface area contributed by atoms with E-state index in [4.69, 9.17) is 14.2 Å². The fourth-order valence-electron chi connectivity index (χ4n) is 4.52. The Labute approximate surface area is 149 Å². The molecular formula is C19H18O7. The first-order valence-corrected chi connectivity index (χ1v) is 8.63. The van der Waals surface area contributed by atoms with Crippen molar-refractivity contribution in [1.82, 2.24) is 0 Å². The van der Waals surface area contributed by atoms with Crippen molar-refractivity contribution in [3.8, 4) is 5.75 Å². The maximum atomic E-state index is 12.4. The highest BCUT2D eigenvalue weighted by Gasteiger charge is 2.64. The van der Waals surface area contributed by atoms with Crippen LogP contribution < -0.4 is 4.74 Å². The van der Waals surface area contributed by atoms with Crippen molar-refractivity contribution >= 4 is 23.7 Å². The molecule has 1 aliphatic heterocycles. The first kappa shape index (κ1) is 16.8. The summed E-state index contributed by atoms with van der Waals surface area (Å²) in [5.74, 6) is -1.96. The number of carbonyl (C=O) groups is 4. The van der Waals surface area contributed by atoms with Crippen LogP contribution in [-0.4, -0.2) is 36.4 Å². The van der Waals surface area contributed by atoms with Gasteiger partial charge in [0.1, 0.15) is 11.9 Å². The number of rotatable bonds is 5. The fourth-order valence-corrected chi connectivity index (χ4v) is 4.52. The molecule has 7 nitrogen and oxygen atoms in total. The summed E-state index contributed by atoms with van der Waals surface area (Å²) in [4.78, 5) is 47.5. The van der Waals surface area contributed by atoms with Crippen LogP contribution in [-0.2, 0) is 23.9 Å². The molecule has 3 fully saturated rings. The van der Waals surface area contributed by atoms with Gasteiger partial charge in [-0.15, -0.1) is 0 Å². The van der Waals surface area contributed by atoms with Gasteiger partial charge in [0.15, 0.2) is 12.4 Å². The van der Waals surface area contributed by atoms with E-state index in [9.17, 15) is 19.2 Å². The van der Waals surface area contributed by atoms with Gasteiger partial charge < -0.3 is 14.2 Å². The number of hydrogen-bond acceptors (Lipinski definition) is 7. The Hall–Kier alpha value is -2.70. The summed E-state index contributed by atoms with van der Waals surface area (Å²) in [6, 6.07) is 6.01. The standard InChI is InChI=1S/C19H18O7/c1-9(20)25-12-4-2-10(3-5-12)14(21)8-24-18(22)16-11-6-13-15(7-11)26-19(23)17(13)16/h2-5,11,13,15-17H,6-8H2,1H3/t11-,13+,15-,16-,17+/m1/s1. The monoisotopic (exact) mass is 358 g/mol. The molecule has 1 saturated heterocycles. The average Bonchev–Trinajstić information content (AvgIpc) is 3.21. The topological polar surface area (TPSA) is 96.0 Å². The van der Waals surface area contributed by atoms with Gasteiger partial charge >= 0.3 is 17.9 Å². The number of esters is 3. The zero-order valence-corrected chi connectivity index (χ0v) is 14.2. The van der Waals surface area contributed by atoms with Crippen molar-refractivity contribution in [2.45, 2.75) is 25.9 Å². The molecule has 0 N–H and O–H groups in total. The van der Waals surface area contributed by atoms with Crippen LogP contribution in [0.3, 0.4) is 0 Å². The molecule has 1 heterocycles. The normalized spacial score (nSPS) is 30.8. The lowest BCUT2D eigenvalue weighted by Crippen LogP contribution is -2.34. The molecule has 0 unspecified atom stereocenters. The van der Waals surface area contributed by atoms with Gasteiger partial charge in [-0.2, -0.15) is 0 Å². The third-order valence-corrected chi connectivity index (χ3v) is 5.54. The molecule has 1 aromatic rings. The second kappa shape index (κ2) is 6.23. The van der Waals surface area contributed by atoms with Gasteiger partial charge in [-0.1, -0.05) is 0 Å². The Morgan fingerprint density at radius 3 is 2.58 bits per heavy atom. The molecule has 2 bridgehead atoms. The van der Waals surface area contributed by atoms with Crippen molar-refractivity contribution in [1.29, 1.82) is 0 Å². The highest BCUT2D eigenvalue weighted by atomic mass is 16.6. The van der Waals surface area contributed by atoms with Crippen LogP contribution in [0.2, 0.25) is 0 Å². The number of ether oxygens (including phenoxy) is 3. The van der Waals surface area contributed by atoms with Crippen LogP contribution in [0.1, 0.15) is 30.1 Å². The van der Waals surface area contributed by atoms with Crippen molar-refractivity contribution in [2.24, 2.45) is 23.7 Å². The van der Waals surface area contributed by atoms with Gasteiger partial charge in [0.05, 0.1) is 11.8 Å². The molecule has 2 aliphatic carbocycles. The summed E-state index contributed by atoms with van der Waals surface area (Å²) in [5, 5.41) is 0. The minimum absolute atomic E-state index is 0.0427. The molecule has 2 saturated carbocycles. The minimum Gasteiger partial charge on any atom is -0.462 e. The van der Waals surface area contributed by atoms with Gasteiger partial charge in [-0.25, -0.2) is 0 Å². The number of Topliss-reactive ketones (excluding diaryl/α,β-unsaturated/α-hetero) is 1. The molecule has 7 heteroatoms. The second-order valence-corrected chi connectivity index (χ2v) is 7.07. The highest BCUT2D eigenvalue weighted by Crippen LogP contribution is 2.57. The van der Waals surface area contributed by atoms with Crippen molar-refractivity contribution in [2.75, 3.05) is 6.61 Å². The fraction of sp³-hybridized carbons (Fsp3) is 0.474. The van der Waals surface area contributed by atoms with Crippen LogP contribution in [0.15, 0.2) is 24.3 Å². The van der Waals surface area contributed by atoms with E-state index in [-0.39, 0.29) is 36.3 Å². The Balaban J connectivity index is 1.35. The Kier molecular flexibility index (Phi) is 4.01. The zero-order chi connectivity index (χ0) is 18.4. The third kappa shape index (κ3) is 2.77. The largest absolute Gasteiger partial charge is 0.462 e. The molecule has 26 heavy (non-hydrogen) atoms. The van der Waals surface area contributed by atoms with Crippen LogP contribution >= 0.6 is 0 Å². The number of hydrogen-bond donors (Lipinski definition) is 0. The third-order valence-electron chi connectivity index (χ3n) is 5.54.